The quantitative estimate of drug-likeness (QED) is 0.0325. The largest absolute Gasteiger partial charge is 0.373 e. The molecule has 12 rings (SSSR count). The summed E-state index contributed by atoms with van der Waals surface area (Å²) in [5.74, 6) is 0. The number of nitrogens with zero attached hydrogens (tertiary/aromatic N) is 7. The van der Waals surface area contributed by atoms with E-state index in [1.54, 1.807) is 0 Å². The van der Waals surface area contributed by atoms with E-state index in [1.807, 2.05) is 31.2 Å². The second-order valence-electron chi connectivity index (χ2n) is 24.2. The minimum Gasteiger partial charge on any atom is -0.373 e. The number of aryl methyl sites for hydroxylation is 2. The van der Waals surface area contributed by atoms with Crippen molar-refractivity contribution in [1.82, 2.24) is 54.3 Å². The highest BCUT2D eigenvalue weighted by molar-refractivity contribution is 6.26. The first kappa shape index (κ1) is 58.1. The van der Waals surface area contributed by atoms with Gasteiger partial charge in [-0.2, -0.15) is 0 Å². The van der Waals surface area contributed by atoms with Gasteiger partial charge in [-0.1, -0.05) is 137 Å². The standard InChI is InChI=1S/C74H88N12/c1-5-9-13-17-21-25-51-55-29-37-63(77-55)71(64-38-30-56(78-64)52(26-22-18-14-10-6-2)60-34-42-68(82-60)73(85-47-45-75-49-85)67-41-33-59(51)81-67)72-65-39-31-57(79-65)53(27-23-19-15-11-7-3)61-35-43-69(83-61)74(86-48-46-76-50-86)70-44-36-62(84-70)54(28-24-20-16-12-8-4)58-32-40-66(72)80-58/h29-50,67,77,79,81-82,84H,5-28H2,1-4H3/b57-53?,58-54?,59-51-,60-52?,61-53?,62-54?,71-64+,72-65?,72-66?,73-68-,74-69?,74-70?. The maximum absolute atomic E-state index is 5.83. The Labute approximate surface area is 508 Å². The van der Waals surface area contributed by atoms with Gasteiger partial charge in [0.2, 0.25) is 0 Å². The molecule has 0 amide bonds. The third-order valence-electron chi connectivity index (χ3n) is 18.0. The van der Waals surface area contributed by atoms with Crippen LogP contribution in [0.2, 0.25) is 0 Å². The fourth-order valence-electron chi connectivity index (χ4n) is 13.4. The van der Waals surface area contributed by atoms with E-state index in [0.717, 1.165) is 171 Å². The lowest BCUT2D eigenvalue weighted by molar-refractivity contribution is 0.632. The monoisotopic (exact) mass is 1140 g/mol. The van der Waals surface area contributed by atoms with Crippen molar-refractivity contribution in [3.8, 4) is 5.69 Å². The Morgan fingerprint density at radius 1 is 0.442 bits per heavy atom. The molecular weight excluding hydrogens is 1060 g/mol. The summed E-state index contributed by atoms with van der Waals surface area (Å²) < 4.78 is 4.26. The molecule has 12 nitrogen and oxygen atoms in total. The number of aliphatic imine (C=N–C) groups is 1. The number of imidazole rings is 2. The maximum atomic E-state index is 5.83. The fraction of sp³-hybridized carbons (Fsp3) is 0.392. The van der Waals surface area contributed by atoms with Gasteiger partial charge in [0.25, 0.3) is 0 Å². The third kappa shape index (κ3) is 12.8. The summed E-state index contributed by atoms with van der Waals surface area (Å²) in [5, 5.41) is 6.20. The summed E-state index contributed by atoms with van der Waals surface area (Å²) in [7, 11) is 0. The topological polar surface area (TPSA) is 149 Å². The van der Waals surface area contributed by atoms with Crippen LogP contribution in [0.3, 0.4) is 0 Å². The normalized spacial score (nSPS) is 17.7. The average Bonchev–Trinajstić information content (AvgIpc) is 2.02. The zero-order valence-corrected chi connectivity index (χ0v) is 51.4. The van der Waals surface area contributed by atoms with Crippen molar-refractivity contribution in [1.29, 1.82) is 0 Å². The van der Waals surface area contributed by atoms with Gasteiger partial charge in [-0.05, 0) is 148 Å². The lowest BCUT2D eigenvalue weighted by Crippen LogP contribution is -2.32. The lowest BCUT2D eigenvalue weighted by Gasteiger charge is -2.18. The van der Waals surface area contributed by atoms with Crippen LogP contribution in [0.25, 0.3) is 74.5 Å². The number of allylic oxidation sites excluding steroid dienone is 4. The molecule has 0 fully saturated rings. The van der Waals surface area contributed by atoms with E-state index in [4.69, 9.17) is 15.0 Å². The minimum atomic E-state index is -0.0966. The number of nitrogens with one attached hydrogen (secondary N) is 5. The van der Waals surface area contributed by atoms with Gasteiger partial charge in [-0.3, -0.25) is 0 Å². The number of rotatable bonds is 27. The molecule has 7 aromatic rings. The molecule has 5 N–H and O–H groups in total. The molecular formula is C74H88N12. The van der Waals surface area contributed by atoms with Gasteiger partial charge in [0, 0.05) is 91.6 Å². The Balaban J connectivity index is 1.14. The molecule has 0 radical (unpaired) electrons. The summed E-state index contributed by atoms with van der Waals surface area (Å²) in [6, 6.07) is 18.1. The summed E-state index contributed by atoms with van der Waals surface area (Å²) in [4.78, 5) is 42.5. The summed E-state index contributed by atoms with van der Waals surface area (Å²) in [6.45, 7) is 9.16. The highest BCUT2D eigenvalue weighted by atomic mass is 15.1. The van der Waals surface area contributed by atoms with Gasteiger partial charge in [0.15, 0.2) is 0 Å². The molecule has 0 saturated carbocycles. The predicted octanol–water partition coefficient (Wildman–Crippen LogP) is 17.0. The molecule has 0 aliphatic carbocycles. The van der Waals surface area contributed by atoms with Gasteiger partial charge in [-0.15, -0.1) is 0 Å². The van der Waals surface area contributed by atoms with E-state index in [2.05, 4.69) is 175 Å². The number of unbranched alkanes of at least 4 members (excludes halogenated alkanes) is 16. The molecule has 5 aliphatic heterocycles. The zero-order valence-electron chi connectivity index (χ0n) is 51.4. The number of hydrogen-bond acceptors (Lipinski definition) is 6. The molecule has 0 aromatic carbocycles. The van der Waals surface area contributed by atoms with Crippen molar-refractivity contribution in [2.24, 2.45) is 4.99 Å². The Morgan fingerprint density at radius 3 is 1.64 bits per heavy atom. The smallest absolute Gasteiger partial charge is 0.0993 e. The van der Waals surface area contributed by atoms with Crippen molar-refractivity contribution < 1.29 is 0 Å². The van der Waals surface area contributed by atoms with Gasteiger partial charge in [0.1, 0.15) is 0 Å². The van der Waals surface area contributed by atoms with E-state index >= 15 is 0 Å². The van der Waals surface area contributed by atoms with Crippen molar-refractivity contribution in [3.05, 3.63) is 183 Å². The Kier molecular flexibility index (Phi) is 18.8. The Hall–Kier alpha value is -8.25. The maximum Gasteiger partial charge on any atom is 0.0993 e. The molecule has 16 bridgehead atoms. The van der Waals surface area contributed by atoms with Crippen LogP contribution in [0.15, 0.2) is 127 Å². The van der Waals surface area contributed by atoms with Crippen molar-refractivity contribution in [2.75, 3.05) is 0 Å². The van der Waals surface area contributed by atoms with Crippen LogP contribution in [0.5, 0.6) is 0 Å². The SMILES string of the molecule is CCCCCCCC1=c2cc/c([nH]2)=C(/n2ccnc2)C2C=C/C(=C(\CCCCCCC)c3ccc([nH]3)/C(c3c4nc(c(CCCCCCC)c5ccc([nH]5)c(-n5ccnc5)c5nc(c(CCCCCCC)c6ccc3[nH]6)C=C5)C=C4)=C3/C=CC1=N3)N2. The Morgan fingerprint density at radius 2 is 0.988 bits per heavy atom. The van der Waals surface area contributed by atoms with E-state index in [-0.39, 0.29) is 6.04 Å². The van der Waals surface area contributed by atoms with Crippen molar-refractivity contribution in [2.45, 2.75) is 188 Å². The van der Waals surface area contributed by atoms with Crippen LogP contribution in [0, 0.1) is 0 Å². The first-order valence-electron chi connectivity index (χ1n) is 32.9. The number of H-pyrrole nitrogens is 4. The van der Waals surface area contributed by atoms with Crippen molar-refractivity contribution >= 4 is 74.5 Å². The van der Waals surface area contributed by atoms with Gasteiger partial charge in [0.05, 0.1) is 75.1 Å². The molecule has 5 aliphatic rings. The molecule has 12 heterocycles. The molecule has 0 saturated heterocycles. The highest BCUT2D eigenvalue weighted by Gasteiger charge is 2.27. The van der Waals surface area contributed by atoms with E-state index < -0.39 is 0 Å². The zero-order chi connectivity index (χ0) is 58.6. The van der Waals surface area contributed by atoms with E-state index in [1.165, 1.54) is 112 Å². The molecule has 12 heteroatoms. The average molecular weight is 1150 g/mol. The van der Waals surface area contributed by atoms with Crippen LogP contribution in [-0.4, -0.2) is 60.8 Å². The fourth-order valence-corrected chi connectivity index (χ4v) is 13.4. The molecule has 1 atom stereocenters. The second kappa shape index (κ2) is 27.9. The predicted molar refractivity (Wildman–Crippen MR) is 359 cm³/mol. The molecule has 0 spiro atoms. The molecule has 1 unspecified atom stereocenters. The highest BCUT2D eigenvalue weighted by Crippen LogP contribution is 2.40. The molecule has 444 valence electrons. The van der Waals surface area contributed by atoms with E-state index in [9.17, 15) is 0 Å². The third-order valence-corrected chi connectivity index (χ3v) is 18.0. The second-order valence-corrected chi connectivity index (χ2v) is 24.2. The number of aromatic nitrogens is 10. The van der Waals surface area contributed by atoms with E-state index in [0.29, 0.717) is 0 Å². The summed E-state index contributed by atoms with van der Waals surface area (Å²) in [6.07, 6.45) is 57.0. The van der Waals surface area contributed by atoms with Crippen LogP contribution < -0.4 is 16.0 Å². The lowest BCUT2D eigenvalue weighted by atomic mass is 9.98. The minimum absolute atomic E-state index is 0.0966. The molecule has 7 aromatic heterocycles. The van der Waals surface area contributed by atoms with Gasteiger partial charge in [-0.25, -0.2) is 24.9 Å². The number of fused-ring (bicyclic) bond motifs is 15. The first-order chi connectivity index (χ1) is 42.5. The van der Waals surface area contributed by atoms with Gasteiger partial charge < -0.3 is 34.4 Å². The number of aromatic amines is 4. The summed E-state index contributed by atoms with van der Waals surface area (Å²) in [5.41, 5.74) is 22.0. The summed E-state index contributed by atoms with van der Waals surface area (Å²) >= 11 is 0. The van der Waals surface area contributed by atoms with Crippen LogP contribution in [-0.2, 0) is 12.8 Å². The Bertz CT molecular complexity index is 4030. The van der Waals surface area contributed by atoms with Crippen LogP contribution in [0.1, 0.15) is 220 Å². The molecule has 86 heavy (non-hydrogen) atoms. The van der Waals surface area contributed by atoms with Crippen LogP contribution >= 0.6 is 0 Å². The number of hydrogen-bond donors (Lipinski definition) is 5. The first-order valence-corrected chi connectivity index (χ1v) is 32.9. The van der Waals surface area contributed by atoms with Crippen molar-refractivity contribution in [3.63, 3.8) is 0 Å². The van der Waals surface area contributed by atoms with Crippen LogP contribution in [0.4, 0.5) is 0 Å². The van der Waals surface area contributed by atoms with Gasteiger partial charge >= 0.3 is 0 Å².